The van der Waals surface area contributed by atoms with Crippen LogP contribution in [0.1, 0.15) is 18.9 Å². The van der Waals surface area contributed by atoms with Crippen molar-refractivity contribution < 1.29 is 29.1 Å². The molecule has 2 N–H and O–H groups in total. The normalized spacial score (nSPS) is 20.5. The number of hydrogen-bond donors (Lipinski definition) is 2. The number of carbonyl (C=O) groups excluding carboxylic acids is 2. The molecule has 1 heterocycles. The summed E-state index contributed by atoms with van der Waals surface area (Å²) in [5.41, 5.74) is 0.519. The summed E-state index contributed by atoms with van der Waals surface area (Å²) in [4.78, 5) is 33.2. The maximum absolute atomic E-state index is 11.7. The van der Waals surface area contributed by atoms with Crippen molar-refractivity contribution in [3.8, 4) is 0 Å². The molecular formula is C15H18N2O7. The fourth-order valence-corrected chi connectivity index (χ4v) is 2.50. The summed E-state index contributed by atoms with van der Waals surface area (Å²) in [6.07, 6.45) is -1.22. The number of aliphatic hydroxyl groups excluding tert-OH is 1. The number of benzene rings is 1. The molecule has 0 saturated carbocycles. The highest BCUT2D eigenvalue weighted by molar-refractivity contribution is 5.86. The number of hydrogen-bond acceptors (Lipinski definition) is 7. The second kappa shape index (κ2) is 7.73. The Morgan fingerprint density at radius 1 is 1.42 bits per heavy atom. The summed E-state index contributed by atoms with van der Waals surface area (Å²) in [5.74, 6) is -0.742. The SMILES string of the molecule is C[C@@H](OC(=O)OCc1ccc([N+](=O)[O-])cc1)[C@H]1C(=O)N[C@@H]1CCO. The van der Waals surface area contributed by atoms with Gasteiger partial charge < -0.3 is 19.9 Å². The van der Waals surface area contributed by atoms with Crippen LogP contribution >= 0.6 is 0 Å². The third-order valence-corrected chi connectivity index (χ3v) is 3.80. The summed E-state index contributed by atoms with van der Waals surface area (Å²) in [7, 11) is 0. The Balaban J connectivity index is 1.80. The number of aliphatic hydroxyl groups is 1. The molecule has 9 heteroatoms. The van der Waals surface area contributed by atoms with E-state index in [1.54, 1.807) is 6.92 Å². The van der Waals surface area contributed by atoms with Crippen molar-refractivity contribution in [2.75, 3.05) is 6.61 Å². The Bertz CT molecular complexity index is 617. The molecule has 9 nitrogen and oxygen atoms in total. The van der Waals surface area contributed by atoms with E-state index in [4.69, 9.17) is 14.6 Å². The molecule has 24 heavy (non-hydrogen) atoms. The number of nitro groups is 1. The second-order valence-corrected chi connectivity index (χ2v) is 5.44. The minimum absolute atomic E-state index is 0.0548. The van der Waals surface area contributed by atoms with Crippen LogP contribution in [0.25, 0.3) is 0 Å². The fourth-order valence-electron chi connectivity index (χ4n) is 2.50. The lowest BCUT2D eigenvalue weighted by Crippen LogP contribution is -2.62. The van der Waals surface area contributed by atoms with Gasteiger partial charge in [0.1, 0.15) is 12.7 Å². The van der Waals surface area contributed by atoms with Crippen LogP contribution < -0.4 is 5.32 Å². The lowest BCUT2D eigenvalue weighted by molar-refractivity contribution is -0.384. The number of amides is 1. The average Bonchev–Trinajstić information content (AvgIpc) is 2.52. The van der Waals surface area contributed by atoms with Crippen LogP contribution in [0.2, 0.25) is 0 Å². The minimum atomic E-state index is -0.927. The maximum Gasteiger partial charge on any atom is 0.508 e. The van der Waals surface area contributed by atoms with E-state index in [0.717, 1.165) is 0 Å². The zero-order valence-electron chi connectivity index (χ0n) is 13.0. The van der Waals surface area contributed by atoms with Crippen LogP contribution in [0.3, 0.4) is 0 Å². The largest absolute Gasteiger partial charge is 0.508 e. The number of carbonyl (C=O) groups is 2. The van der Waals surface area contributed by atoms with Crippen LogP contribution in [0.5, 0.6) is 0 Å². The highest BCUT2D eigenvalue weighted by atomic mass is 16.7. The number of nitro benzene ring substituents is 1. The Labute approximate surface area is 137 Å². The van der Waals surface area contributed by atoms with Crippen molar-refractivity contribution in [3.05, 3.63) is 39.9 Å². The number of ether oxygens (including phenoxy) is 2. The van der Waals surface area contributed by atoms with E-state index in [1.807, 2.05) is 0 Å². The van der Waals surface area contributed by atoms with Gasteiger partial charge in [0.05, 0.1) is 10.8 Å². The third kappa shape index (κ3) is 4.19. The third-order valence-electron chi connectivity index (χ3n) is 3.80. The average molecular weight is 338 g/mol. The first-order valence-corrected chi connectivity index (χ1v) is 7.40. The molecule has 130 valence electrons. The molecular weight excluding hydrogens is 320 g/mol. The number of non-ortho nitro benzene ring substituents is 1. The van der Waals surface area contributed by atoms with Crippen molar-refractivity contribution in [1.29, 1.82) is 0 Å². The monoisotopic (exact) mass is 338 g/mol. The molecule has 0 unspecified atom stereocenters. The molecule has 0 radical (unpaired) electrons. The molecule has 1 fully saturated rings. The van der Waals surface area contributed by atoms with Crippen LogP contribution in [0.4, 0.5) is 10.5 Å². The van der Waals surface area contributed by atoms with Crippen molar-refractivity contribution in [3.63, 3.8) is 0 Å². The van der Waals surface area contributed by atoms with Crippen LogP contribution in [-0.4, -0.2) is 40.8 Å². The van der Waals surface area contributed by atoms with Gasteiger partial charge in [-0.2, -0.15) is 0 Å². The van der Waals surface area contributed by atoms with E-state index in [-0.39, 0.29) is 30.9 Å². The van der Waals surface area contributed by atoms with E-state index in [2.05, 4.69) is 5.32 Å². The van der Waals surface area contributed by atoms with E-state index in [0.29, 0.717) is 12.0 Å². The number of nitrogens with one attached hydrogen (secondary N) is 1. The lowest BCUT2D eigenvalue weighted by atomic mass is 9.84. The Kier molecular flexibility index (Phi) is 5.69. The van der Waals surface area contributed by atoms with Gasteiger partial charge in [-0.15, -0.1) is 0 Å². The molecule has 1 aromatic carbocycles. The van der Waals surface area contributed by atoms with Gasteiger partial charge in [0, 0.05) is 24.8 Å². The standard InChI is InChI=1S/C15H18N2O7/c1-9(13-12(6-7-18)16-14(13)19)24-15(20)23-8-10-2-4-11(5-3-10)17(21)22/h2-5,9,12-13,18H,6-8H2,1H3,(H,16,19)/t9-,12-,13-/m1/s1. The lowest BCUT2D eigenvalue weighted by Gasteiger charge is -2.39. The van der Waals surface area contributed by atoms with Gasteiger partial charge in [-0.3, -0.25) is 14.9 Å². The smallest absolute Gasteiger partial charge is 0.430 e. The summed E-state index contributed by atoms with van der Waals surface area (Å²) < 4.78 is 10.0. The van der Waals surface area contributed by atoms with E-state index in [9.17, 15) is 19.7 Å². The molecule has 3 atom stereocenters. The summed E-state index contributed by atoms with van der Waals surface area (Å²) in [6, 6.07) is 5.35. The first-order chi connectivity index (χ1) is 11.4. The van der Waals surface area contributed by atoms with Crippen LogP contribution in [0, 0.1) is 16.0 Å². The predicted octanol–water partition coefficient (Wildman–Crippen LogP) is 1.13. The van der Waals surface area contributed by atoms with Crippen molar-refractivity contribution in [2.24, 2.45) is 5.92 Å². The van der Waals surface area contributed by atoms with Crippen LogP contribution in [0.15, 0.2) is 24.3 Å². The molecule has 2 rings (SSSR count). The van der Waals surface area contributed by atoms with Gasteiger partial charge in [-0.1, -0.05) is 0 Å². The first-order valence-electron chi connectivity index (χ1n) is 7.40. The highest BCUT2D eigenvalue weighted by Crippen LogP contribution is 2.24. The Morgan fingerprint density at radius 3 is 2.62 bits per heavy atom. The maximum atomic E-state index is 11.7. The van der Waals surface area contributed by atoms with Gasteiger partial charge in [-0.05, 0) is 31.0 Å². The molecule has 0 aliphatic carbocycles. The molecule has 1 aliphatic rings. The minimum Gasteiger partial charge on any atom is -0.430 e. The predicted molar refractivity (Wildman–Crippen MR) is 81.0 cm³/mol. The zero-order valence-corrected chi connectivity index (χ0v) is 13.0. The summed E-state index contributed by atoms with van der Waals surface area (Å²) >= 11 is 0. The van der Waals surface area contributed by atoms with Crippen molar-refractivity contribution in [1.82, 2.24) is 5.32 Å². The van der Waals surface area contributed by atoms with Crippen LogP contribution in [-0.2, 0) is 20.9 Å². The summed E-state index contributed by atoms with van der Waals surface area (Å²) in [5, 5.41) is 22.1. The highest BCUT2D eigenvalue weighted by Gasteiger charge is 2.44. The van der Waals surface area contributed by atoms with E-state index < -0.39 is 23.1 Å². The molecule has 0 spiro atoms. The molecule has 1 saturated heterocycles. The van der Waals surface area contributed by atoms with Crippen molar-refractivity contribution in [2.45, 2.75) is 32.1 Å². The van der Waals surface area contributed by atoms with Gasteiger partial charge in [-0.25, -0.2) is 4.79 Å². The number of β-lactam (4-membered cyclic amide) rings is 1. The van der Waals surface area contributed by atoms with E-state index in [1.165, 1.54) is 24.3 Å². The number of nitrogens with zero attached hydrogens (tertiary/aromatic N) is 1. The molecule has 0 aromatic heterocycles. The topological polar surface area (TPSA) is 128 Å². The molecule has 1 aromatic rings. The fraction of sp³-hybridized carbons (Fsp3) is 0.467. The van der Waals surface area contributed by atoms with Crippen molar-refractivity contribution >= 4 is 17.7 Å². The molecule has 1 amide bonds. The Morgan fingerprint density at radius 2 is 2.08 bits per heavy atom. The van der Waals surface area contributed by atoms with Gasteiger partial charge in [0.15, 0.2) is 0 Å². The van der Waals surface area contributed by atoms with Gasteiger partial charge in [0.2, 0.25) is 5.91 Å². The molecule has 0 bridgehead atoms. The second-order valence-electron chi connectivity index (χ2n) is 5.44. The van der Waals surface area contributed by atoms with Gasteiger partial charge >= 0.3 is 6.16 Å². The first kappa shape index (κ1) is 17.7. The molecule has 1 aliphatic heterocycles. The number of rotatable bonds is 7. The zero-order chi connectivity index (χ0) is 17.7. The Hall–Kier alpha value is -2.68. The van der Waals surface area contributed by atoms with Gasteiger partial charge in [0.25, 0.3) is 5.69 Å². The quantitative estimate of drug-likeness (QED) is 0.330. The van der Waals surface area contributed by atoms with E-state index >= 15 is 0 Å². The summed E-state index contributed by atoms with van der Waals surface area (Å²) in [6.45, 7) is 1.42.